The normalized spacial score (nSPS) is 46.8. The van der Waals surface area contributed by atoms with Gasteiger partial charge in [-0.3, -0.25) is 4.39 Å². The molecule has 0 bridgehead atoms. The van der Waals surface area contributed by atoms with Crippen LogP contribution in [0.5, 0.6) is 0 Å². The predicted molar refractivity (Wildman–Crippen MR) is 54.3 cm³/mol. The van der Waals surface area contributed by atoms with Crippen molar-refractivity contribution in [3.8, 4) is 0 Å². The van der Waals surface area contributed by atoms with Gasteiger partial charge in [0.25, 0.3) is 0 Å². The molecule has 1 rings (SSSR count). The minimum atomic E-state index is -0.891. The Balaban J connectivity index is 2.89. The maximum absolute atomic E-state index is 12.9. The predicted octanol–water partition coefficient (Wildman–Crippen LogP) is 0.0841. The minimum Gasteiger partial charge on any atom is -0.390 e. The molecule has 5 heteroatoms. The van der Waals surface area contributed by atoms with Crippen molar-refractivity contribution in [3.05, 3.63) is 0 Å². The van der Waals surface area contributed by atoms with E-state index in [2.05, 4.69) is 0 Å². The van der Waals surface area contributed by atoms with Crippen molar-refractivity contribution in [1.29, 1.82) is 0 Å². The molecule has 0 aliphatic heterocycles. The number of methoxy groups -OCH3 is 2. The van der Waals surface area contributed by atoms with Crippen LogP contribution < -0.4 is 5.73 Å². The van der Waals surface area contributed by atoms with Crippen LogP contribution >= 0.6 is 0 Å². The third-order valence-corrected chi connectivity index (χ3v) is 3.32. The van der Waals surface area contributed by atoms with Gasteiger partial charge in [-0.05, 0) is 6.42 Å². The van der Waals surface area contributed by atoms with E-state index in [9.17, 15) is 9.50 Å². The van der Waals surface area contributed by atoms with E-state index < -0.39 is 24.3 Å². The summed E-state index contributed by atoms with van der Waals surface area (Å²) in [4.78, 5) is 0. The Labute approximate surface area is 89.5 Å². The number of hydrogen-bond acceptors (Lipinski definition) is 4. The van der Waals surface area contributed by atoms with Crippen molar-refractivity contribution in [2.45, 2.75) is 37.7 Å². The van der Waals surface area contributed by atoms with Crippen LogP contribution in [0.4, 0.5) is 4.39 Å². The van der Waals surface area contributed by atoms with Crippen molar-refractivity contribution in [2.24, 2.45) is 11.1 Å². The molecule has 1 fully saturated rings. The number of alkyl halides is 1. The van der Waals surface area contributed by atoms with Gasteiger partial charge < -0.3 is 20.3 Å². The molecule has 0 aromatic heterocycles. The number of rotatable bonds is 3. The third-order valence-electron chi connectivity index (χ3n) is 3.32. The Morgan fingerprint density at radius 2 is 1.93 bits per heavy atom. The molecule has 0 aromatic carbocycles. The van der Waals surface area contributed by atoms with Crippen molar-refractivity contribution >= 4 is 0 Å². The molecule has 4 nitrogen and oxygen atoms in total. The monoisotopic (exact) mass is 221 g/mol. The van der Waals surface area contributed by atoms with Crippen molar-refractivity contribution < 1.29 is 19.0 Å². The fourth-order valence-electron chi connectivity index (χ4n) is 2.30. The molecule has 5 atom stereocenters. The summed E-state index contributed by atoms with van der Waals surface area (Å²) in [6.07, 6.45) is -1.45. The topological polar surface area (TPSA) is 64.7 Å². The molecule has 1 saturated carbocycles. The number of nitrogens with two attached hydrogens (primary N) is 1. The van der Waals surface area contributed by atoms with Gasteiger partial charge in [-0.15, -0.1) is 0 Å². The van der Waals surface area contributed by atoms with Gasteiger partial charge in [-0.2, -0.15) is 0 Å². The second-order valence-corrected chi connectivity index (χ2v) is 4.50. The molecule has 0 spiro atoms. The second kappa shape index (κ2) is 4.74. The first-order valence-electron chi connectivity index (χ1n) is 5.05. The van der Waals surface area contributed by atoms with Crippen molar-refractivity contribution in [1.82, 2.24) is 0 Å². The van der Waals surface area contributed by atoms with Gasteiger partial charge in [0.15, 0.2) is 0 Å². The lowest BCUT2D eigenvalue weighted by Crippen LogP contribution is -2.62. The maximum Gasteiger partial charge on any atom is 0.111 e. The zero-order chi connectivity index (χ0) is 11.6. The lowest BCUT2D eigenvalue weighted by molar-refractivity contribution is -0.174. The van der Waals surface area contributed by atoms with Crippen molar-refractivity contribution in [2.75, 3.05) is 20.9 Å². The summed E-state index contributed by atoms with van der Waals surface area (Å²) in [5.41, 5.74) is 5.05. The van der Waals surface area contributed by atoms with Crippen molar-refractivity contribution in [3.63, 3.8) is 0 Å². The van der Waals surface area contributed by atoms with Gasteiger partial charge in [0.2, 0.25) is 0 Å². The number of aliphatic hydroxyl groups excluding tert-OH is 1. The number of ether oxygens (including phenoxy) is 2. The number of aliphatic hydroxyl groups is 1. The van der Waals surface area contributed by atoms with Crippen LogP contribution in [-0.2, 0) is 9.47 Å². The summed E-state index contributed by atoms with van der Waals surface area (Å²) in [5, 5.41) is 10.0. The average Bonchev–Trinajstić information content (AvgIpc) is 2.22. The zero-order valence-corrected chi connectivity index (χ0v) is 9.44. The number of hydrogen-bond donors (Lipinski definition) is 2. The van der Waals surface area contributed by atoms with Crippen LogP contribution in [-0.4, -0.2) is 50.4 Å². The van der Waals surface area contributed by atoms with Gasteiger partial charge in [0.05, 0.1) is 12.8 Å². The lowest BCUT2D eigenvalue weighted by Gasteiger charge is -2.47. The Kier molecular flexibility index (Phi) is 4.06. The van der Waals surface area contributed by atoms with Gasteiger partial charge in [-0.1, -0.05) is 6.92 Å². The second-order valence-electron chi connectivity index (χ2n) is 4.50. The fourth-order valence-corrected chi connectivity index (χ4v) is 2.30. The van der Waals surface area contributed by atoms with Crippen LogP contribution in [0, 0.1) is 5.41 Å². The molecule has 0 radical (unpaired) electrons. The highest BCUT2D eigenvalue weighted by atomic mass is 19.1. The van der Waals surface area contributed by atoms with E-state index in [1.54, 1.807) is 6.92 Å². The molecule has 15 heavy (non-hydrogen) atoms. The van der Waals surface area contributed by atoms with E-state index in [1.165, 1.54) is 14.2 Å². The van der Waals surface area contributed by atoms with E-state index in [4.69, 9.17) is 15.2 Å². The van der Waals surface area contributed by atoms with Gasteiger partial charge in [0.1, 0.15) is 12.2 Å². The van der Waals surface area contributed by atoms with Crippen LogP contribution in [0.3, 0.4) is 0 Å². The van der Waals surface area contributed by atoms with E-state index in [1.807, 2.05) is 0 Å². The first-order chi connectivity index (χ1) is 7.00. The summed E-state index contributed by atoms with van der Waals surface area (Å²) in [6, 6.07) is -0.316. The van der Waals surface area contributed by atoms with E-state index in [0.717, 1.165) is 0 Å². The minimum absolute atomic E-state index is 0.316. The smallest absolute Gasteiger partial charge is 0.111 e. The molecule has 90 valence electrons. The highest BCUT2D eigenvalue weighted by Gasteiger charge is 2.50. The molecule has 1 aliphatic carbocycles. The Morgan fingerprint density at radius 3 is 2.33 bits per heavy atom. The average molecular weight is 221 g/mol. The van der Waals surface area contributed by atoms with Gasteiger partial charge in [-0.25, -0.2) is 0 Å². The Morgan fingerprint density at radius 1 is 1.40 bits per heavy atom. The first kappa shape index (κ1) is 12.8. The standard InChI is InChI=1S/C10H20FNO3/c1-10(5-11)4-6(12)7(14-2)8(15-3)9(10)13/h6-9,13H,4-5,12H2,1-3H3/t6-,7+,8-,9+,10+/m0/s1. The summed E-state index contributed by atoms with van der Waals surface area (Å²) in [7, 11) is 2.98. The third kappa shape index (κ3) is 2.15. The molecule has 3 N–H and O–H groups in total. The van der Waals surface area contributed by atoms with Crippen LogP contribution in [0.2, 0.25) is 0 Å². The van der Waals surface area contributed by atoms with E-state index in [0.29, 0.717) is 6.42 Å². The molecule has 0 amide bonds. The first-order valence-corrected chi connectivity index (χ1v) is 5.05. The molecule has 1 aliphatic rings. The molecule has 0 unspecified atom stereocenters. The van der Waals surface area contributed by atoms with E-state index >= 15 is 0 Å². The van der Waals surface area contributed by atoms with Crippen LogP contribution in [0.25, 0.3) is 0 Å². The quantitative estimate of drug-likeness (QED) is 0.708. The Hall–Kier alpha value is -0.230. The summed E-state index contributed by atoms with van der Waals surface area (Å²) < 4.78 is 23.3. The summed E-state index contributed by atoms with van der Waals surface area (Å²) in [5.74, 6) is 0. The fraction of sp³-hybridized carbons (Fsp3) is 1.00. The van der Waals surface area contributed by atoms with Gasteiger partial charge >= 0.3 is 0 Å². The molecule has 0 saturated heterocycles. The molecular weight excluding hydrogens is 201 g/mol. The van der Waals surface area contributed by atoms with Gasteiger partial charge in [0, 0.05) is 25.7 Å². The van der Waals surface area contributed by atoms with Crippen LogP contribution in [0.1, 0.15) is 13.3 Å². The lowest BCUT2D eigenvalue weighted by atomic mass is 9.69. The molecular formula is C10H20FNO3. The maximum atomic E-state index is 12.9. The zero-order valence-electron chi connectivity index (χ0n) is 9.44. The summed E-state index contributed by atoms with van der Waals surface area (Å²) in [6.45, 7) is 1.06. The van der Waals surface area contributed by atoms with Crippen LogP contribution in [0.15, 0.2) is 0 Å². The molecule has 0 aromatic rings. The summed E-state index contributed by atoms with van der Waals surface area (Å²) >= 11 is 0. The van der Waals surface area contributed by atoms with E-state index in [-0.39, 0.29) is 12.1 Å². The highest BCUT2D eigenvalue weighted by Crippen LogP contribution is 2.38. The SMILES string of the molecule is CO[C@H]1[C@H](OC)[C@@H](N)C[C@](C)(CF)[C@@H]1O. The Bertz CT molecular complexity index is 217. The molecule has 0 heterocycles. The largest absolute Gasteiger partial charge is 0.390 e. The highest BCUT2D eigenvalue weighted by molar-refractivity contribution is 5.02. The number of halogens is 1.